The number of aliphatic carboxylic acids is 1. The van der Waals surface area contributed by atoms with Crippen molar-refractivity contribution in [2.24, 2.45) is 5.92 Å². The molecule has 31 heavy (non-hydrogen) atoms. The number of alkyl carbamates (subject to hydrolysis) is 1. The highest BCUT2D eigenvalue weighted by Crippen LogP contribution is 2.44. The molecular formula is C24H26N2O5. The minimum atomic E-state index is -1.08. The summed E-state index contributed by atoms with van der Waals surface area (Å²) < 4.78 is 5.61. The molecule has 0 aliphatic heterocycles. The number of ether oxygens (including phenoxy) is 1. The number of fused-ring (bicyclic) bond motifs is 3. The highest BCUT2D eigenvalue weighted by atomic mass is 16.5. The van der Waals surface area contributed by atoms with Gasteiger partial charge in [-0.15, -0.1) is 0 Å². The lowest BCUT2D eigenvalue weighted by Crippen LogP contribution is -2.40. The number of hydrogen-bond donors (Lipinski definition) is 3. The van der Waals surface area contributed by atoms with Crippen LogP contribution in [0.15, 0.2) is 48.5 Å². The molecule has 0 bridgehead atoms. The van der Waals surface area contributed by atoms with E-state index in [1.165, 1.54) is 11.1 Å². The third-order valence-electron chi connectivity index (χ3n) is 6.19. The van der Waals surface area contributed by atoms with E-state index >= 15 is 0 Å². The zero-order chi connectivity index (χ0) is 21.8. The number of hydrogen-bond acceptors (Lipinski definition) is 4. The number of rotatable bonds is 7. The van der Waals surface area contributed by atoms with Crippen molar-refractivity contribution < 1.29 is 24.2 Å². The average molecular weight is 422 g/mol. The average Bonchev–Trinajstić information content (AvgIpc) is 3.32. The molecule has 2 aromatic carbocycles. The Labute approximate surface area is 180 Å². The molecule has 7 heteroatoms. The monoisotopic (exact) mass is 422 g/mol. The molecule has 0 saturated heterocycles. The van der Waals surface area contributed by atoms with Gasteiger partial charge in [0.1, 0.15) is 13.2 Å². The summed E-state index contributed by atoms with van der Waals surface area (Å²) in [6.07, 6.45) is 2.22. The van der Waals surface area contributed by atoms with E-state index in [2.05, 4.69) is 34.9 Å². The van der Waals surface area contributed by atoms with Crippen LogP contribution in [0.4, 0.5) is 4.79 Å². The number of nitrogens with one attached hydrogen (secondary N) is 2. The first-order chi connectivity index (χ1) is 15.0. The molecule has 7 nitrogen and oxygen atoms in total. The van der Waals surface area contributed by atoms with Gasteiger partial charge in [0, 0.05) is 18.4 Å². The van der Waals surface area contributed by atoms with Crippen LogP contribution >= 0.6 is 0 Å². The summed E-state index contributed by atoms with van der Waals surface area (Å²) in [5, 5.41) is 14.0. The summed E-state index contributed by atoms with van der Waals surface area (Å²) >= 11 is 0. The minimum Gasteiger partial charge on any atom is -0.480 e. The summed E-state index contributed by atoms with van der Waals surface area (Å²) in [5.41, 5.74) is 4.67. The Hall–Kier alpha value is -3.35. The summed E-state index contributed by atoms with van der Waals surface area (Å²) in [6, 6.07) is 16.2. The Morgan fingerprint density at radius 1 is 0.968 bits per heavy atom. The highest BCUT2D eigenvalue weighted by Gasteiger charge is 2.32. The molecule has 0 heterocycles. The topological polar surface area (TPSA) is 105 Å². The van der Waals surface area contributed by atoms with Gasteiger partial charge in [-0.3, -0.25) is 9.59 Å². The quantitative estimate of drug-likeness (QED) is 0.635. The summed E-state index contributed by atoms with van der Waals surface area (Å²) in [6.45, 7) is -0.146. The van der Waals surface area contributed by atoms with Crippen molar-refractivity contribution in [1.82, 2.24) is 10.6 Å². The van der Waals surface area contributed by atoms with Crippen LogP contribution in [-0.2, 0) is 14.3 Å². The minimum absolute atomic E-state index is 0.000628. The van der Waals surface area contributed by atoms with Crippen molar-refractivity contribution >= 4 is 18.0 Å². The lowest BCUT2D eigenvalue weighted by molar-refractivity contribution is -0.138. The number of carboxylic acids is 1. The molecule has 1 saturated carbocycles. The third kappa shape index (κ3) is 4.71. The normalized spacial score (nSPS) is 19.4. The van der Waals surface area contributed by atoms with Crippen LogP contribution in [0.2, 0.25) is 0 Å². The fourth-order valence-corrected chi connectivity index (χ4v) is 4.75. The molecule has 2 aliphatic rings. The van der Waals surface area contributed by atoms with E-state index in [-0.39, 0.29) is 36.8 Å². The fraction of sp³-hybridized carbons (Fsp3) is 0.375. The Balaban J connectivity index is 1.33. The van der Waals surface area contributed by atoms with E-state index < -0.39 is 18.6 Å². The Kier molecular flexibility index (Phi) is 6.21. The maximum atomic E-state index is 12.5. The van der Waals surface area contributed by atoms with Crippen LogP contribution in [0.5, 0.6) is 0 Å². The molecule has 2 aliphatic carbocycles. The Bertz CT molecular complexity index is 944. The first-order valence-electron chi connectivity index (χ1n) is 10.6. The van der Waals surface area contributed by atoms with Crippen LogP contribution < -0.4 is 10.6 Å². The summed E-state index contributed by atoms with van der Waals surface area (Å²) in [7, 11) is 0. The molecule has 1 fully saturated rings. The largest absolute Gasteiger partial charge is 0.480 e. The second kappa shape index (κ2) is 9.20. The van der Waals surface area contributed by atoms with Gasteiger partial charge in [-0.05, 0) is 41.0 Å². The van der Waals surface area contributed by atoms with Gasteiger partial charge in [0.2, 0.25) is 5.91 Å². The fourth-order valence-electron chi connectivity index (χ4n) is 4.75. The van der Waals surface area contributed by atoms with Crippen LogP contribution in [0.3, 0.4) is 0 Å². The third-order valence-corrected chi connectivity index (χ3v) is 6.19. The molecule has 3 N–H and O–H groups in total. The van der Waals surface area contributed by atoms with E-state index in [4.69, 9.17) is 9.84 Å². The van der Waals surface area contributed by atoms with E-state index in [9.17, 15) is 14.4 Å². The maximum Gasteiger partial charge on any atom is 0.407 e. The van der Waals surface area contributed by atoms with Crippen molar-refractivity contribution in [3.05, 3.63) is 59.7 Å². The van der Waals surface area contributed by atoms with Crippen molar-refractivity contribution in [3.63, 3.8) is 0 Å². The zero-order valence-corrected chi connectivity index (χ0v) is 17.2. The number of carboxylic acid groups (broad SMARTS) is 1. The van der Waals surface area contributed by atoms with Crippen LogP contribution in [0.25, 0.3) is 11.1 Å². The Morgan fingerprint density at radius 2 is 1.61 bits per heavy atom. The molecule has 162 valence electrons. The van der Waals surface area contributed by atoms with E-state index in [0.29, 0.717) is 0 Å². The zero-order valence-electron chi connectivity index (χ0n) is 17.2. The maximum absolute atomic E-state index is 12.5. The Morgan fingerprint density at radius 3 is 2.26 bits per heavy atom. The van der Waals surface area contributed by atoms with Crippen LogP contribution in [0, 0.1) is 5.92 Å². The van der Waals surface area contributed by atoms with Gasteiger partial charge in [-0.25, -0.2) is 4.79 Å². The molecule has 2 atom stereocenters. The van der Waals surface area contributed by atoms with Gasteiger partial charge in [-0.1, -0.05) is 55.0 Å². The highest BCUT2D eigenvalue weighted by molar-refractivity contribution is 5.81. The number of amides is 2. The molecule has 2 aromatic rings. The number of carbonyl (C=O) groups excluding carboxylic acids is 2. The SMILES string of the molecule is O=C(O)CNC(=O)CC1CCCC1NC(=O)OCC1c2ccccc2-c2ccccc21. The van der Waals surface area contributed by atoms with E-state index in [0.717, 1.165) is 30.4 Å². The van der Waals surface area contributed by atoms with Crippen molar-refractivity contribution in [3.8, 4) is 11.1 Å². The van der Waals surface area contributed by atoms with Crippen LogP contribution in [0.1, 0.15) is 42.7 Å². The lowest BCUT2D eigenvalue weighted by atomic mass is 9.98. The van der Waals surface area contributed by atoms with E-state index in [1.807, 2.05) is 24.3 Å². The molecule has 2 unspecified atom stereocenters. The lowest BCUT2D eigenvalue weighted by Gasteiger charge is -2.21. The molecule has 4 rings (SSSR count). The second-order valence-corrected chi connectivity index (χ2v) is 8.14. The number of carbonyl (C=O) groups is 3. The van der Waals surface area contributed by atoms with Gasteiger partial charge in [0.25, 0.3) is 0 Å². The predicted molar refractivity (Wildman–Crippen MR) is 115 cm³/mol. The molecule has 0 aromatic heterocycles. The number of benzene rings is 2. The van der Waals surface area contributed by atoms with Crippen molar-refractivity contribution in [2.45, 2.75) is 37.6 Å². The van der Waals surface area contributed by atoms with Gasteiger partial charge in [-0.2, -0.15) is 0 Å². The van der Waals surface area contributed by atoms with Gasteiger partial charge in [0.15, 0.2) is 0 Å². The standard InChI is InChI=1S/C24H26N2O5/c27-22(25-13-23(28)29)12-15-6-5-11-21(15)26-24(30)31-14-20-18-9-3-1-7-16(18)17-8-2-4-10-19(17)20/h1-4,7-10,15,20-21H,5-6,11-14H2,(H,25,27)(H,26,30)(H,28,29). The van der Waals surface area contributed by atoms with Gasteiger partial charge >= 0.3 is 12.1 Å². The summed E-state index contributed by atoms with van der Waals surface area (Å²) in [4.78, 5) is 35.1. The molecule has 0 spiro atoms. The second-order valence-electron chi connectivity index (χ2n) is 8.14. The van der Waals surface area contributed by atoms with Crippen LogP contribution in [-0.4, -0.2) is 42.3 Å². The van der Waals surface area contributed by atoms with Crippen molar-refractivity contribution in [1.29, 1.82) is 0 Å². The first-order valence-corrected chi connectivity index (χ1v) is 10.6. The van der Waals surface area contributed by atoms with Gasteiger partial charge in [0.05, 0.1) is 0 Å². The molecule has 2 amide bonds. The summed E-state index contributed by atoms with van der Waals surface area (Å²) in [5.74, 6) is -1.41. The first kappa shape index (κ1) is 20.9. The van der Waals surface area contributed by atoms with E-state index in [1.54, 1.807) is 0 Å². The molecular weight excluding hydrogens is 396 g/mol. The predicted octanol–water partition coefficient (Wildman–Crippen LogP) is 3.28. The van der Waals surface area contributed by atoms with Crippen molar-refractivity contribution in [2.75, 3.05) is 13.2 Å². The van der Waals surface area contributed by atoms with Gasteiger partial charge < -0.3 is 20.5 Å². The molecule has 0 radical (unpaired) electrons. The smallest absolute Gasteiger partial charge is 0.407 e.